The Morgan fingerprint density at radius 3 is 2.72 bits per heavy atom. The number of hydrogen-bond donors (Lipinski definition) is 1. The molecule has 0 aliphatic rings. The summed E-state index contributed by atoms with van der Waals surface area (Å²) in [4.78, 5) is 12.9. The SMILES string of the molecule is Oc1ccc(Cl)cc1C=Nc1ccc(-c2nc3ncccc3o2)cc1. The first kappa shape index (κ1) is 15.4. The lowest BCUT2D eigenvalue weighted by atomic mass is 10.2. The van der Waals surface area contributed by atoms with Crippen molar-refractivity contribution >= 4 is 34.7 Å². The molecule has 0 bridgehead atoms. The summed E-state index contributed by atoms with van der Waals surface area (Å²) in [5.74, 6) is 0.639. The normalized spacial score (nSPS) is 11.4. The second-order valence-corrected chi connectivity index (χ2v) is 5.79. The molecule has 25 heavy (non-hydrogen) atoms. The van der Waals surface area contributed by atoms with Gasteiger partial charge in [0.05, 0.1) is 5.69 Å². The van der Waals surface area contributed by atoms with Gasteiger partial charge in [0.2, 0.25) is 5.89 Å². The number of aromatic hydroxyl groups is 1. The smallest absolute Gasteiger partial charge is 0.228 e. The molecule has 122 valence electrons. The van der Waals surface area contributed by atoms with Gasteiger partial charge in [0.15, 0.2) is 11.2 Å². The van der Waals surface area contributed by atoms with Gasteiger partial charge in [0.1, 0.15) is 5.75 Å². The molecular formula is C19H12ClN3O2. The maximum absolute atomic E-state index is 9.80. The fourth-order valence-electron chi connectivity index (χ4n) is 2.36. The van der Waals surface area contributed by atoms with Gasteiger partial charge in [-0.2, -0.15) is 4.98 Å². The minimum atomic E-state index is 0.128. The second kappa shape index (κ2) is 6.37. The van der Waals surface area contributed by atoms with Crippen LogP contribution in [-0.2, 0) is 0 Å². The van der Waals surface area contributed by atoms with Crippen molar-refractivity contribution < 1.29 is 9.52 Å². The predicted molar refractivity (Wildman–Crippen MR) is 97.6 cm³/mol. The standard InChI is InChI=1S/C19H12ClN3O2/c20-14-5-8-16(24)13(10-14)11-22-15-6-3-12(4-7-15)19-23-18-17(25-19)2-1-9-21-18/h1-11,24H. The molecular weight excluding hydrogens is 338 g/mol. The summed E-state index contributed by atoms with van der Waals surface area (Å²) in [5, 5.41) is 10.3. The minimum absolute atomic E-state index is 0.128. The van der Waals surface area contributed by atoms with E-state index in [1.54, 1.807) is 30.6 Å². The maximum Gasteiger partial charge on any atom is 0.228 e. The molecule has 0 unspecified atom stereocenters. The van der Waals surface area contributed by atoms with Crippen molar-refractivity contribution in [1.82, 2.24) is 9.97 Å². The number of pyridine rings is 1. The number of benzene rings is 2. The molecule has 2 aromatic carbocycles. The molecule has 4 aromatic rings. The van der Waals surface area contributed by atoms with Crippen LogP contribution in [0, 0.1) is 0 Å². The van der Waals surface area contributed by atoms with Crippen LogP contribution in [0.3, 0.4) is 0 Å². The van der Waals surface area contributed by atoms with E-state index in [1.807, 2.05) is 30.3 Å². The Hall–Kier alpha value is -3.18. The van der Waals surface area contributed by atoms with Crippen molar-refractivity contribution in [3.63, 3.8) is 0 Å². The molecule has 0 aliphatic heterocycles. The Labute approximate surface area is 148 Å². The second-order valence-electron chi connectivity index (χ2n) is 5.35. The van der Waals surface area contributed by atoms with Gasteiger partial charge in [-0.3, -0.25) is 4.99 Å². The Bertz CT molecular complexity index is 1040. The number of phenols is 1. The van der Waals surface area contributed by atoms with Gasteiger partial charge in [-0.1, -0.05) is 11.6 Å². The van der Waals surface area contributed by atoms with Gasteiger partial charge in [0.25, 0.3) is 0 Å². The molecule has 0 saturated carbocycles. The number of aliphatic imine (C=N–C) groups is 1. The number of nitrogens with zero attached hydrogens (tertiary/aromatic N) is 3. The molecule has 0 spiro atoms. The van der Waals surface area contributed by atoms with E-state index in [2.05, 4.69) is 15.0 Å². The van der Waals surface area contributed by atoms with Crippen LogP contribution in [0.1, 0.15) is 5.56 Å². The number of fused-ring (bicyclic) bond motifs is 1. The largest absolute Gasteiger partial charge is 0.507 e. The Kier molecular flexibility index (Phi) is 3.91. The lowest BCUT2D eigenvalue weighted by Crippen LogP contribution is -1.82. The fourth-order valence-corrected chi connectivity index (χ4v) is 2.54. The van der Waals surface area contributed by atoms with E-state index in [0.29, 0.717) is 27.7 Å². The third kappa shape index (κ3) is 3.22. The number of halogens is 1. The molecule has 5 nitrogen and oxygen atoms in total. The van der Waals surface area contributed by atoms with Crippen LogP contribution in [0.15, 0.2) is 70.2 Å². The first-order valence-corrected chi connectivity index (χ1v) is 7.91. The van der Waals surface area contributed by atoms with E-state index in [-0.39, 0.29) is 5.75 Å². The molecule has 2 heterocycles. The van der Waals surface area contributed by atoms with Crippen LogP contribution in [0.4, 0.5) is 5.69 Å². The van der Waals surface area contributed by atoms with E-state index in [9.17, 15) is 5.11 Å². The van der Waals surface area contributed by atoms with Crippen LogP contribution in [0.5, 0.6) is 5.75 Å². The Morgan fingerprint density at radius 2 is 1.92 bits per heavy atom. The average molecular weight is 350 g/mol. The highest BCUT2D eigenvalue weighted by Gasteiger charge is 2.08. The highest BCUT2D eigenvalue weighted by molar-refractivity contribution is 6.30. The molecule has 0 radical (unpaired) electrons. The summed E-state index contributed by atoms with van der Waals surface area (Å²) in [7, 11) is 0. The average Bonchev–Trinajstić information content (AvgIpc) is 3.07. The lowest BCUT2D eigenvalue weighted by molar-refractivity contribution is 0.474. The number of aromatic nitrogens is 2. The first-order chi connectivity index (χ1) is 12.2. The zero-order valence-electron chi connectivity index (χ0n) is 12.9. The van der Waals surface area contributed by atoms with Crippen LogP contribution in [-0.4, -0.2) is 21.3 Å². The van der Waals surface area contributed by atoms with Gasteiger partial charge in [-0.25, -0.2) is 4.98 Å². The van der Waals surface area contributed by atoms with Crippen molar-refractivity contribution in [2.24, 2.45) is 4.99 Å². The molecule has 0 fully saturated rings. The maximum atomic E-state index is 9.80. The Balaban J connectivity index is 1.59. The lowest BCUT2D eigenvalue weighted by Gasteiger charge is -2.00. The number of hydrogen-bond acceptors (Lipinski definition) is 5. The van der Waals surface area contributed by atoms with Gasteiger partial charge in [0, 0.05) is 28.6 Å². The summed E-state index contributed by atoms with van der Waals surface area (Å²) < 4.78 is 5.69. The summed E-state index contributed by atoms with van der Waals surface area (Å²) in [6.07, 6.45) is 3.25. The molecule has 0 amide bonds. The minimum Gasteiger partial charge on any atom is -0.507 e. The van der Waals surface area contributed by atoms with E-state index in [0.717, 1.165) is 11.3 Å². The van der Waals surface area contributed by atoms with E-state index in [1.165, 1.54) is 6.07 Å². The number of phenolic OH excluding ortho intramolecular Hbond substituents is 1. The van der Waals surface area contributed by atoms with E-state index < -0.39 is 0 Å². The van der Waals surface area contributed by atoms with Crippen LogP contribution >= 0.6 is 11.6 Å². The zero-order chi connectivity index (χ0) is 17.2. The summed E-state index contributed by atoms with van der Waals surface area (Å²) in [6, 6.07) is 15.9. The topological polar surface area (TPSA) is 71.5 Å². The van der Waals surface area contributed by atoms with Crippen molar-refractivity contribution in [2.45, 2.75) is 0 Å². The highest BCUT2D eigenvalue weighted by atomic mass is 35.5. The predicted octanol–water partition coefficient (Wildman–Crippen LogP) is 5.00. The van der Waals surface area contributed by atoms with Crippen LogP contribution in [0.25, 0.3) is 22.7 Å². The van der Waals surface area contributed by atoms with E-state index >= 15 is 0 Å². The van der Waals surface area contributed by atoms with Crippen molar-refractivity contribution in [2.75, 3.05) is 0 Å². The molecule has 4 rings (SSSR count). The molecule has 1 N–H and O–H groups in total. The number of oxazole rings is 1. The van der Waals surface area contributed by atoms with Gasteiger partial charge >= 0.3 is 0 Å². The fraction of sp³-hybridized carbons (Fsp3) is 0. The summed E-state index contributed by atoms with van der Waals surface area (Å²) in [6.45, 7) is 0. The summed E-state index contributed by atoms with van der Waals surface area (Å²) >= 11 is 5.93. The van der Waals surface area contributed by atoms with Crippen LogP contribution in [0.2, 0.25) is 5.02 Å². The van der Waals surface area contributed by atoms with Crippen molar-refractivity contribution in [3.05, 3.63) is 71.4 Å². The highest BCUT2D eigenvalue weighted by Crippen LogP contribution is 2.25. The van der Waals surface area contributed by atoms with Gasteiger partial charge in [-0.05, 0) is 54.6 Å². The Morgan fingerprint density at radius 1 is 1.08 bits per heavy atom. The van der Waals surface area contributed by atoms with Crippen LogP contribution < -0.4 is 0 Å². The summed E-state index contributed by atoms with van der Waals surface area (Å²) in [5.41, 5.74) is 3.36. The molecule has 2 aromatic heterocycles. The molecule has 0 atom stereocenters. The van der Waals surface area contributed by atoms with Gasteiger partial charge in [-0.15, -0.1) is 0 Å². The monoisotopic (exact) mass is 349 g/mol. The quantitative estimate of drug-likeness (QED) is 0.528. The zero-order valence-corrected chi connectivity index (χ0v) is 13.7. The third-order valence-electron chi connectivity index (χ3n) is 3.62. The molecule has 6 heteroatoms. The van der Waals surface area contributed by atoms with Gasteiger partial charge < -0.3 is 9.52 Å². The molecule has 0 saturated heterocycles. The first-order valence-electron chi connectivity index (χ1n) is 7.54. The molecule has 0 aliphatic carbocycles. The number of rotatable bonds is 3. The third-order valence-corrected chi connectivity index (χ3v) is 3.86. The van der Waals surface area contributed by atoms with Crippen molar-refractivity contribution in [1.29, 1.82) is 0 Å². The van der Waals surface area contributed by atoms with E-state index in [4.69, 9.17) is 16.0 Å². The van der Waals surface area contributed by atoms with Crippen molar-refractivity contribution in [3.8, 4) is 17.2 Å².